The maximum Gasteiger partial charge on any atom is 0.229 e. The zero-order valence-corrected chi connectivity index (χ0v) is 16.9. The Labute approximate surface area is 163 Å². The second-order valence-electron chi connectivity index (χ2n) is 10.9. The van der Waals surface area contributed by atoms with Crippen LogP contribution in [0.2, 0.25) is 0 Å². The number of nitrogens with two attached hydrogens (primary N) is 1. The maximum atomic E-state index is 14.0. The van der Waals surface area contributed by atoms with Crippen LogP contribution in [0.1, 0.15) is 70.8 Å². The molecule has 4 aliphatic carbocycles. The summed E-state index contributed by atoms with van der Waals surface area (Å²) in [6.07, 6.45) is 9.03. The van der Waals surface area contributed by atoms with Crippen molar-refractivity contribution in [2.75, 3.05) is 6.54 Å². The Kier molecular flexibility index (Phi) is 3.82. The van der Waals surface area contributed by atoms with Crippen LogP contribution in [-0.2, 0) is 10.2 Å². The van der Waals surface area contributed by atoms with Crippen LogP contribution in [-0.4, -0.2) is 29.4 Å². The molecule has 3 nitrogen and oxygen atoms in total. The molecule has 1 aromatic rings. The summed E-state index contributed by atoms with van der Waals surface area (Å²) in [4.78, 5) is 16.2. The number of rotatable bonds is 2. The predicted molar refractivity (Wildman–Crippen MR) is 108 cm³/mol. The molecule has 27 heavy (non-hydrogen) atoms. The van der Waals surface area contributed by atoms with Gasteiger partial charge in [0.15, 0.2) is 0 Å². The Morgan fingerprint density at radius 1 is 1.11 bits per heavy atom. The highest BCUT2D eigenvalue weighted by atomic mass is 16.2. The average molecular weight is 367 g/mol. The van der Waals surface area contributed by atoms with Gasteiger partial charge in [-0.25, -0.2) is 0 Å². The van der Waals surface area contributed by atoms with E-state index < -0.39 is 0 Å². The minimum atomic E-state index is -0.139. The van der Waals surface area contributed by atoms with Crippen LogP contribution in [0.3, 0.4) is 0 Å². The Hall–Kier alpha value is -1.35. The Bertz CT molecular complexity index is 748. The number of carbonyl (C=O) groups excluding carboxylic acids is 1. The molecule has 6 rings (SSSR count). The van der Waals surface area contributed by atoms with Crippen molar-refractivity contribution in [3.05, 3.63) is 35.9 Å². The summed E-state index contributed by atoms with van der Waals surface area (Å²) >= 11 is 0. The molecule has 3 heteroatoms. The molecule has 2 N–H and O–H groups in total. The predicted octanol–water partition coefficient (Wildman–Crippen LogP) is 4.25. The van der Waals surface area contributed by atoms with E-state index in [0.29, 0.717) is 17.2 Å². The standard InChI is InChI=1S/C24H34N2O/c1-17-10-20(25)8-9-26(17)21(27)24-13-18-11-22(2,15-24)14-23(12-18,16-24)19-6-4-3-5-7-19/h3-7,17-18,20H,8-16,25H2,1-2H3/t17?,18?,20?,22-,23-,24?/m1/s1. The topological polar surface area (TPSA) is 46.3 Å². The number of piperidine rings is 1. The van der Waals surface area contributed by atoms with E-state index in [1.165, 1.54) is 24.8 Å². The molecule has 1 heterocycles. The first-order chi connectivity index (χ1) is 12.8. The summed E-state index contributed by atoms with van der Waals surface area (Å²) in [5.74, 6) is 1.16. The third kappa shape index (κ3) is 2.68. The van der Waals surface area contributed by atoms with Crippen molar-refractivity contribution in [3.8, 4) is 0 Å². The van der Waals surface area contributed by atoms with Crippen LogP contribution >= 0.6 is 0 Å². The van der Waals surface area contributed by atoms with Gasteiger partial charge >= 0.3 is 0 Å². The van der Waals surface area contributed by atoms with Crippen LogP contribution in [0.5, 0.6) is 0 Å². The fourth-order valence-electron chi connectivity index (χ4n) is 8.09. The molecule has 0 radical (unpaired) electrons. The van der Waals surface area contributed by atoms with E-state index in [-0.39, 0.29) is 22.9 Å². The van der Waals surface area contributed by atoms with Crippen molar-refractivity contribution < 1.29 is 4.79 Å². The summed E-state index contributed by atoms with van der Waals surface area (Å²) in [6.45, 7) is 5.52. The first-order valence-electron chi connectivity index (χ1n) is 11.0. The van der Waals surface area contributed by atoms with Gasteiger partial charge in [-0.1, -0.05) is 37.3 Å². The van der Waals surface area contributed by atoms with Crippen molar-refractivity contribution in [1.29, 1.82) is 0 Å². The van der Waals surface area contributed by atoms with Gasteiger partial charge in [-0.2, -0.15) is 0 Å². The number of hydrogen-bond donors (Lipinski definition) is 1. The van der Waals surface area contributed by atoms with Gasteiger partial charge in [0.2, 0.25) is 5.91 Å². The zero-order valence-electron chi connectivity index (χ0n) is 16.9. The van der Waals surface area contributed by atoms with Crippen LogP contribution in [0, 0.1) is 16.7 Å². The lowest BCUT2D eigenvalue weighted by molar-refractivity contribution is -0.173. The number of carbonyl (C=O) groups is 1. The summed E-state index contributed by atoms with van der Waals surface area (Å²) in [7, 11) is 0. The van der Waals surface area contributed by atoms with Gasteiger partial charge in [0, 0.05) is 18.6 Å². The van der Waals surface area contributed by atoms with Gasteiger partial charge in [0.05, 0.1) is 5.41 Å². The lowest BCUT2D eigenvalue weighted by atomic mass is 9.38. The van der Waals surface area contributed by atoms with Crippen molar-refractivity contribution in [2.24, 2.45) is 22.5 Å². The number of likely N-dealkylation sites (tertiary alicyclic amines) is 1. The van der Waals surface area contributed by atoms with Crippen molar-refractivity contribution >= 4 is 5.91 Å². The van der Waals surface area contributed by atoms with E-state index in [2.05, 4.69) is 49.1 Å². The fourth-order valence-corrected chi connectivity index (χ4v) is 8.09. The SMILES string of the molecule is CC1CC(N)CCN1C(=O)C12CC3C[C@@](C)(C1)C[C@](c1ccccc1)(C3)C2. The number of benzene rings is 1. The van der Waals surface area contributed by atoms with E-state index in [9.17, 15) is 4.79 Å². The minimum absolute atomic E-state index is 0.139. The molecule has 5 aliphatic rings. The lowest BCUT2D eigenvalue weighted by Gasteiger charge is -2.66. The van der Waals surface area contributed by atoms with Gasteiger partial charge in [0.25, 0.3) is 0 Å². The van der Waals surface area contributed by atoms with E-state index in [1.54, 1.807) is 0 Å². The monoisotopic (exact) mass is 366 g/mol. The highest BCUT2D eigenvalue weighted by Gasteiger charge is 2.65. The number of amides is 1. The first kappa shape index (κ1) is 17.7. The summed E-state index contributed by atoms with van der Waals surface area (Å²) in [5, 5.41) is 0. The minimum Gasteiger partial charge on any atom is -0.339 e. The third-order valence-corrected chi connectivity index (χ3v) is 8.36. The molecule has 4 unspecified atom stereocenters. The van der Waals surface area contributed by atoms with Gasteiger partial charge in [-0.3, -0.25) is 4.79 Å². The molecule has 1 saturated heterocycles. The first-order valence-corrected chi connectivity index (χ1v) is 11.0. The highest BCUT2D eigenvalue weighted by Crippen LogP contribution is 2.70. The zero-order chi connectivity index (χ0) is 18.9. The van der Waals surface area contributed by atoms with E-state index in [0.717, 1.165) is 38.6 Å². The van der Waals surface area contributed by atoms with Crippen molar-refractivity contribution in [3.63, 3.8) is 0 Å². The van der Waals surface area contributed by atoms with E-state index in [1.807, 2.05) is 0 Å². The molecule has 0 aromatic heterocycles. The molecule has 146 valence electrons. The Morgan fingerprint density at radius 2 is 1.89 bits per heavy atom. The van der Waals surface area contributed by atoms with Crippen LogP contribution in [0.25, 0.3) is 0 Å². The van der Waals surface area contributed by atoms with Crippen LogP contribution in [0.15, 0.2) is 30.3 Å². The average Bonchev–Trinajstić information content (AvgIpc) is 2.60. The molecule has 1 amide bonds. The fraction of sp³-hybridized carbons (Fsp3) is 0.708. The van der Waals surface area contributed by atoms with Gasteiger partial charge in [-0.15, -0.1) is 0 Å². The molecular weight excluding hydrogens is 332 g/mol. The molecule has 1 aromatic carbocycles. The molecule has 4 bridgehead atoms. The molecule has 0 spiro atoms. The molecular formula is C24H34N2O. The Balaban J connectivity index is 1.52. The summed E-state index contributed by atoms with van der Waals surface area (Å²) in [5.41, 5.74) is 8.04. The molecule has 4 saturated carbocycles. The van der Waals surface area contributed by atoms with E-state index in [4.69, 9.17) is 5.73 Å². The Morgan fingerprint density at radius 3 is 2.59 bits per heavy atom. The van der Waals surface area contributed by atoms with E-state index >= 15 is 0 Å². The van der Waals surface area contributed by atoms with Gasteiger partial charge in [0.1, 0.15) is 0 Å². The molecule has 5 fully saturated rings. The summed E-state index contributed by atoms with van der Waals surface area (Å²) in [6, 6.07) is 11.7. The second kappa shape index (κ2) is 5.83. The lowest BCUT2D eigenvalue weighted by Crippen LogP contribution is -2.64. The van der Waals surface area contributed by atoms with Crippen LogP contribution in [0.4, 0.5) is 0 Å². The van der Waals surface area contributed by atoms with Crippen molar-refractivity contribution in [1.82, 2.24) is 4.90 Å². The second-order valence-corrected chi connectivity index (χ2v) is 10.9. The van der Waals surface area contributed by atoms with Gasteiger partial charge in [-0.05, 0) is 80.6 Å². The number of hydrogen-bond acceptors (Lipinski definition) is 2. The van der Waals surface area contributed by atoms with Gasteiger partial charge < -0.3 is 10.6 Å². The van der Waals surface area contributed by atoms with Crippen molar-refractivity contribution in [2.45, 2.75) is 82.7 Å². The van der Waals surface area contributed by atoms with Crippen LogP contribution < -0.4 is 5.73 Å². The number of nitrogens with zero attached hydrogens (tertiary/aromatic N) is 1. The maximum absolute atomic E-state index is 14.0. The molecule has 1 aliphatic heterocycles. The largest absolute Gasteiger partial charge is 0.339 e. The highest BCUT2D eigenvalue weighted by molar-refractivity contribution is 5.84. The third-order valence-electron chi connectivity index (χ3n) is 8.36. The summed E-state index contributed by atoms with van der Waals surface area (Å²) < 4.78 is 0. The molecule has 6 atom stereocenters. The quantitative estimate of drug-likeness (QED) is 0.850. The normalized spacial score (nSPS) is 45.9. The smallest absolute Gasteiger partial charge is 0.229 e.